The van der Waals surface area contributed by atoms with Crippen molar-refractivity contribution in [2.75, 3.05) is 6.54 Å². The van der Waals surface area contributed by atoms with Crippen molar-refractivity contribution in [3.63, 3.8) is 0 Å². The normalized spacial score (nSPS) is 21.9. The van der Waals surface area contributed by atoms with Crippen LogP contribution in [0.25, 0.3) is 0 Å². The Morgan fingerprint density at radius 3 is 2.44 bits per heavy atom. The van der Waals surface area contributed by atoms with E-state index in [1.165, 1.54) is 12.8 Å². The molecule has 0 saturated heterocycles. The molecule has 0 aliphatic heterocycles. The summed E-state index contributed by atoms with van der Waals surface area (Å²) in [6.45, 7) is 5.22. The molecule has 0 N–H and O–H groups in total. The van der Waals surface area contributed by atoms with Gasteiger partial charge in [0.2, 0.25) is 5.91 Å². The molecule has 2 fully saturated rings. The Labute approximate surface area is 110 Å². The van der Waals surface area contributed by atoms with Crippen LogP contribution >= 0.6 is 0 Å². The minimum absolute atomic E-state index is 0.123. The third-order valence-corrected chi connectivity index (χ3v) is 4.35. The van der Waals surface area contributed by atoms with Gasteiger partial charge in [-0.15, -0.1) is 0 Å². The second-order valence-corrected chi connectivity index (χ2v) is 6.31. The van der Waals surface area contributed by atoms with E-state index in [-0.39, 0.29) is 5.91 Å². The maximum Gasteiger partial charge on any atom is 0.243 e. The molecule has 2 saturated carbocycles. The fraction of sp³-hybridized carbons (Fsp3) is 0.867. The first-order valence-corrected chi connectivity index (χ1v) is 7.31. The maximum absolute atomic E-state index is 12.6. The molecule has 0 atom stereocenters. The second kappa shape index (κ2) is 5.30. The molecule has 2 aliphatic rings. The third-order valence-electron chi connectivity index (χ3n) is 4.35. The molecule has 3 nitrogen and oxygen atoms in total. The van der Waals surface area contributed by atoms with Crippen molar-refractivity contribution in [1.29, 1.82) is 5.26 Å². The lowest BCUT2D eigenvalue weighted by molar-refractivity contribution is -0.137. The molecule has 0 heterocycles. The number of nitrogens with zero attached hydrogens (tertiary/aromatic N) is 2. The summed E-state index contributed by atoms with van der Waals surface area (Å²) in [7, 11) is 0. The van der Waals surface area contributed by atoms with Gasteiger partial charge < -0.3 is 4.90 Å². The smallest absolute Gasteiger partial charge is 0.243 e. The first-order valence-electron chi connectivity index (χ1n) is 7.31. The summed E-state index contributed by atoms with van der Waals surface area (Å²) < 4.78 is 0. The van der Waals surface area contributed by atoms with Gasteiger partial charge in [0, 0.05) is 12.6 Å². The molecule has 2 aliphatic carbocycles. The number of hydrogen-bond acceptors (Lipinski definition) is 2. The van der Waals surface area contributed by atoms with Crippen molar-refractivity contribution in [3.8, 4) is 6.07 Å². The quantitative estimate of drug-likeness (QED) is 0.750. The molecule has 0 spiro atoms. The van der Waals surface area contributed by atoms with E-state index in [1.807, 2.05) is 4.90 Å². The summed E-state index contributed by atoms with van der Waals surface area (Å²) in [4.78, 5) is 14.6. The highest BCUT2D eigenvalue weighted by atomic mass is 16.2. The van der Waals surface area contributed by atoms with Crippen molar-refractivity contribution < 1.29 is 4.79 Å². The molecular formula is C15H24N2O. The molecule has 1 amide bonds. The zero-order valence-electron chi connectivity index (χ0n) is 11.6. The molecule has 3 heteroatoms. The average molecular weight is 248 g/mol. The third kappa shape index (κ3) is 2.68. The Balaban J connectivity index is 2.04. The van der Waals surface area contributed by atoms with E-state index in [2.05, 4.69) is 19.9 Å². The lowest BCUT2D eigenvalue weighted by atomic mass is 10.0. The van der Waals surface area contributed by atoms with Crippen LogP contribution in [-0.4, -0.2) is 23.4 Å². The average Bonchev–Trinajstić information content (AvgIpc) is 2.98. The summed E-state index contributed by atoms with van der Waals surface area (Å²) in [5.41, 5.74) is -0.639. The molecule has 0 aromatic rings. The van der Waals surface area contributed by atoms with Crippen molar-refractivity contribution in [1.82, 2.24) is 4.90 Å². The van der Waals surface area contributed by atoms with E-state index < -0.39 is 5.41 Å². The molecule has 0 aromatic heterocycles. The Kier molecular flexibility index (Phi) is 3.94. The molecular weight excluding hydrogens is 224 g/mol. The topological polar surface area (TPSA) is 44.1 Å². The SMILES string of the molecule is CC(C)CCN(C(=O)C1(C#N)CC1)C1CCCC1. The fourth-order valence-electron chi connectivity index (χ4n) is 2.84. The van der Waals surface area contributed by atoms with Gasteiger partial charge in [-0.1, -0.05) is 26.7 Å². The maximum atomic E-state index is 12.6. The largest absolute Gasteiger partial charge is 0.338 e. The van der Waals surface area contributed by atoms with Crippen LogP contribution in [0.4, 0.5) is 0 Å². The van der Waals surface area contributed by atoms with Crippen molar-refractivity contribution in [2.24, 2.45) is 11.3 Å². The van der Waals surface area contributed by atoms with E-state index in [0.717, 1.165) is 38.6 Å². The summed E-state index contributed by atoms with van der Waals surface area (Å²) in [6, 6.07) is 2.66. The molecule has 0 aromatic carbocycles. The van der Waals surface area contributed by atoms with Gasteiger partial charge in [0.05, 0.1) is 6.07 Å². The Morgan fingerprint density at radius 2 is 2.00 bits per heavy atom. The van der Waals surface area contributed by atoms with E-state index in [4.69, 9.17) is 0 Å². The van der Waals surface area contributed by atoms with Crippen molar-refractivity contribution >= 4 is 5.91 Å². The van der Waals surface area contributed by atoms with Crippen LogP contribution in [0.15, 0.2) is 0 Å². The van der Waals surface area contributed by atoms with Gasteiger partial charge in [0.1, 0.15) is 5.41 Å². The number of nitriles is 1. The zero-order valence-corrected chi connectivity index (χ0v) is 11.6. The number of carbonyl (C=O) groups excluding carboxylic acids is 1. The number of rotatable bonds is 5. The van der Waals surface area contributed by atoms with Crippen LogP contribution in [0.5, 0.6) is 0 Å². The van der Waals surface area contributed by atoms with Gasteiger partial charge in [-0.2, -0.15) is 5.26 Å². The summed E-state index contributed by atoms with van der Waals surface area (Å²) >= 11 is 0. The van der Waals surface area contributed by atoms with Crippen molar-refractivity contribution in [3.05, 3.63) is 0 Å². The Hall–Kier alpha value is -1.04. The first-order chi connectivity index (χ1) is 8.59. The van der Waals surface area contributed by atoms with Crippen molar-refractivity contribution in [2.45, 2.75) is 64.8 Å². The summed E-state index contributed by atoms with van der Waals surface area (Å²) in [6.07, 6.45) is 7.31. The number of carbonyl (C=O) groups is 1. The van der Waals surface area contributed by atoms with Gasteiger partial charge in [0.15, 0.2) is 0 Å². The van der Waals surface area contributed by atoms with Crippen LogP contribution in [0.3, 0.4) is 0 Å². The summed E-state index contributed by atoms with van der Waals surface area (Å²) in [5.74, 6) is 0.733. The molecule has 100 valence electrons. The minimum Gasteiger partial charge on any atom is -0.338 e. The first kappa shape index (κ1) is 13.4. The van der Waals surface area contributed by atoms with Gasteiger partial charge in [-0.25, -0.2) is 0 Å². The van der Waals surface area contributed by atoms with Gasteiger partial charge >= 0.3 is 0 Å². The highest BCUT2D eigenvalue weighted by molar-refractivity contribution is 5.88. The van der Waals surface area contributed by atoms with Gasteiger partial charge in [-0.05, 0) is 38.0 Å². The van der Waals surface area contributed by atoms with Crippen LogP contribution in [0.2, 0.25) is 0 Å². The Bertz CT molecular complexity index is 346. The lowest BCUT2D eigenvalue weighted by Crippen LogP contribution is -2.43. The summed E-state index contributed by atoms with van der Waals surface area (Å²) in [5, 5.41) is 9.20. The van der Waals surface area contributed by atoms with Crippen LogP contribution in [0, 0.1) is 22.7 Å². The standard InChI is InChI=1S/C15H24N2O/c1-12(2)7-10-17(13-5-3-4-6-13)14(18)15(11-16)8-9-15/h12-13H,3-10H2,1-2H3. The van der Waals surface area contributed by atoms with E-state index in [0.29, 0.717) is 12.0 Å². The van der Waals surface area contributed by atoms with Crippen LogP contribution in [-0.2, 0) is 4.79 Å². The number of hydrogen-bond donors (Lipinski definition) is 0. The Morgan fingerprint density at radius 1 is 1.39 bits per heavy atom. The highest BCUT2D eigenvalue weighted by Crippen LogP contribution is 2.47. The van der Waals surface area contributed by atoms with Gasteiger partial charge in [0.25, 0.3) is 0 Å². The number of amides is 1. The predicted octanol–water partition coefficient (Wildman–Crippen LogP) is 3.11. The fourth-order valence-corrected chi connectivity index (χ4v) is 2.84. The van der Waals surface area contributed by atoms with E-state index in [1.54, 1.807) is 0 Å². The lowest BCUT2D eigenvalue weighted by Gasteiger charge is -2.31. The minimum atomic E-state index is -0.639. The molecule has 0 bridgehead atoms. The van der Waals surface area contributed by atoms with E-state index >= 15 is 0 Å². The highest BCUT2D eigenvalue weighted by Gasteiger charge is 2.53. The van der Waals surface area contributed by atoms with Gasteiger partial charge in [-0.3, -0.25) is 4.79 Å². The molecule has 0 unspecified atom stereocenters. The van der Waals surface area contributed by atoms with Crippen LogP contribution in [0.1, 0.15) is 58.8 Å². The molecule has 18 heavy (non-hydrogen) atoms. The predicted molar refractivity (Wildman–Crippen MR) is 70.7 cm³/mol. The van der Waals surface area contributed by atoms with E-state index in [9.17, 15) is 10.1 Å². The zero-order chi connectivity index (χ0) is 13.2. The molecule has 2 rings (SSSR count). The second-order valence-electron chi connectivity index (χ2n) is 6.31. The molecule has 0 radical (unpaired) electrons. The van der Waals surface area contributed by atoms with Crippen LogP contribution < -0.4 is 0 Å². The monoisotopic (exact) mass is 248 g/mol.